The van der Waals surface area contributed by atoms with E-state index >= 15 is 0 Å². The molecule has 0 saturated carbocycles. The van der Waals surface area contributed by atoms with Crippen LogP contribution in [0.15, 0.2) is 12.1 Å². The molecule has 1 aromatic carbocycles. The molecule has 0 bridgehead atoms. The Morgan fingerprint density at radius 3 is 2.00 bits per heavy atom. The minimum Gasteiger partial charge on any atom is -0.492 e. The van der Waals surface area contributed by atoms with E-state index in [1.165, 1.54) is 33.4 Å². The highest BCUT2D eigenvalue weighted by atomic mass is 16.5. The highest BCUT2D eigenvalue weighted by Gasteiger charge is 2.22. The molecule has 0 atom stereocenters. The summed E-state index contributed by atoms with van der Waals surface area (Å²) in [6.07, 6.45) is 0. The molecule has 92 valence electrons. The summed E-state index contributed by atoms with van der Waals surface area (Å²) >= 11 is 0. The fourth-order valence-corrected chi connectivity index (χ4v) is 1.45. The van der Waals surface area contributed by atoms with Crippen molar-refractivity contribution in [2.45, 2.75) is 0 Å². The molecule has 2 N–H and O–H groups in total. The normalized spacial score (nSPS) is 9.59. The summed E-state index contributed by atoms with van der Waals surface area (Å²) in [4.78, 5) is 22.5. The molecule has 0 radical (unpaired) electrons. The lowest BCUT2D eigenvalue weighted by Gasteiger charge is -2.13. The Morgan fingerprint density at radius 1 is 1.12 bits per heavy atom. The predicted octanol–water partition coefficient (Wildman–Crippen LogP) is 0.762. The highest BCUT2D eigenvalue weighted by Crippen LogP contribution is 2.34. The monoisotopic (exact) mass is 239 g/mol. The first-order valence-corrected chi connectivity index (χ1v) is 4.77. The molecular formula is C11H13NO5. The van der Waals surface area contributed by atoms with Crippen molar-refractivity contribution in [1.29, 1.82) is 0 Å². The van der Waals surface area contributed by atoms with Crippen molar-refractivity contribution in [3.63, 3.8) is 0 Å². The summed E-state index contributed by atoms with van der Waals surface area (Å²) < 4.78 is 10.0. The van der Waals surface area contributed by atoms with Gasteiger partial charge in [-0.1, -0.05) is 0 Å². The molecule has 0 unspecified atom stereocenters. The highest BCUT2D eigenvalue weighted by molar-refractivity contribution is 6.01. The Hall–Kier alpha value is -2.24. The number of carbonyl (C=O) groups excluding carboxylic acids is 1. The van der Waals surface area contributed by atoms with E-state index in [0.29, 0.717) is 0 Å². The molecule has 0 spiro atoms. The summed E-state index contributed by atoms with van der Waals surface area (Å²) in [6, 6.07) is 2.68. The van der Waals surface area contributed by atoms with Gasteiger partial charge >= 0.3 is 5.97 Å². The number of carboxylic acids is 1. The third-order valence-corrected chi connectivity index (χ3v) is 2.22. The Morgan fingerprint density at radius 2 is 1.59 bits per heavy atom. The predicted molar refractivity (Wildman–Crippen MR) is 59.9 cm³/mol. The van der Waals surface area contributed by atoms with E-state index in [9.17, 15) is 9.59 Å². The maximum atomic E-state index is 11.5. The number of hydrogen-bond acceptors (Lipinski definition) is 4. The van der Waals surface area contributed by atoms with E-state index in [4.69, 9.17) is 14.6 Å². The van der Waals surface area contributed by atoms with Crippen molar-refractivity contribution >= 4 is 11.9 Å². The lowest BCUT2D eigenvalue weighted by molar-refractivity contribution is 0.0691. The van der Waals surface area contributed by atoms with Crippen molar-refractivity contribution in [3.8, 4) is 11.5 Å². The average molecular weight is 239 g/mol. The molecule has 0 aliphatic rings. The van der Waals surface area contributed by atoms with Gasteiger partial charge in [-0.05, 0) is 12.1 Å². The van der Waals surface area contributed by atoms with Crippen LogP contribution in [-0.2, 0) is 0 Å². The Bertz CT molecular complexity index is 455. The zero-order valence-electron chi connectivity index (χ0n) is 9.73. The topological polar surface area (TPSA) is 84.9 Å². The molecule has 1 rings (SSSR count). The van der Waals surface area contributed by atoms with E-state index in [-0.39, 0.29) is 28.5 Å². The van der Waals surface area contributed by atoms with E-state index in [2.05, 4.69) is 5.32 Å². The number of amides is 1. The first-order chi connectivity index (χ1) is 8.06. The van der Waals surface area contributed by atoms with Crippen LogP contribution in [0.5, 0.6) is 11.5 Å². The number of ether oxygens (including phenoxy) is 2. The molecule has 1 aromatic rings. The van der Waals surface area contributed by atoms with Crippen LogP contribution in [0.1, 0.15) is 20.7 Å². The summed E-state index contributed by atoms with van der Waals surface area (Å²) in [5, 5.41) is 11.4. The smallest absolute Gasteiger partial charge is 0.339 e. The van der Waals surface area contributed by atoms with Crippen molar-refractivity contribution in [3.05, 3.63) is 23.3 Å². The van der Waals surface area contributed by atoms with Gasteiger partial charge in [-0.3, -0.25) is 4.79 Å². The van der Waals surface area contributed by atoms with Gasteiger partial charge in [0, 0.05) is 7.05 Å². The third-order valence-electron chi connectivity index (χ3n) is 2.22. The van der Waals surface area contributed by atoms with Crippen molar-refractivity contribution < 1.29 is 24.2 Å². The van der Waals surface area contributed by atoms with Gasteiger partial charge in [0.1, 0.15) is 5.56 Å². The van der Waals surface area contributed by atoms with Crippen molar-refractivity contribution in [1.82, 2.24) is 5.32 Å². The fraction of sp³-hybridized carbons (Fsp3) is 0.273. The number of carboxylic acid groups (broad SMARTS) is 1. The maximum absolute atomic E-state index is 11.5. The zero-order chi connectivity index (χ0) is 13.0. The van der Waals surface area contributed by atoms with Gasteiger partial charge in [0.25, 0.3) is 5.91 Å². The van der Waals surface area contributed by atoms with Gasteiger partial charge in [0.2, 0.25) is 0 Å². The fourth-order valence-electron chi connectivity index (χ4n) is 1.45. The molecule has 17 heavy (non-hydrogen) atoms. The van der Waals surface area contributed by atoms with E-state index in [1.807, 2.05) is 0 Å². The number of benzene rings is 1. The Labute approximate surface area is 98.2 Å². The minimum atomic E-state index is -1.15. The Balaban J connectivity index is 3.48. The van der Waals surface area contributed by atoms with Gasteiger partial charge in [0.05, 0.1) is 19.8 Å². The second kappa shape index (κ2) is 5.20. The molecule has 0 aromatic heterocycles. The van der Waals surface area contributed by atoms with E-state index < -0.39 is 5.97 Å². The standard InChI is InChI=1S/C11H13NO5/c1-12-10(13)6-4-5-7(11(14)15)9(17-3)8(6)16-2/h4-5H,1-3H3,(H,12,13)(H,14,15). The summed E-state index contributed by atoms with van der Waals surface area (Å²) in [6.45, 7) is 0. The zero-order valence-corrected chi connectivity index (χ0v) is 9.73. The second-order valence-corrected chi connectivity index (χ2v) is 3.11. The molecule has 6 heteroatoms. The van der Waals surface area contributed by atoms with Crippen LogP contribution in [0.3, 0.4) is 0 Å². The van der Waals surface area contributed by atoms with E-state index in [1.54, 1.807) is 0 Å². The number of methoxy groups -OCH3 is 2. The van der Waals surface area contributed by atoms with Gasteiger partial charge in [-0.2, -0.15) is 0 Å². The quantitative estimate of drug-likeness (QED) is 0.810. The molecular weight excluding hydrogens is 226 g/mol. The third kappa shape index (κ3) is 2.30. The maximum Gasteiger partial charge on any atom is 0.339 e. The Kier molecular flexibility index (Phi) is 3.92. The largest absolute Gasteiger partial charge is 0.492 e. The van der Waals surface area contributed by atoms with E-state index in [0.717, 1.165) is 0 Å². The van der Waals surface area contributed by atoms with Crippen LogP contribution in [0, 0.1) is 0 Å². The van der Waals surface area contributed by atoms with Crippen molar-refractivity contribution in [2.24, 2.45) is 0 Å². The van der Waals surface area contributed by atoms with Gasteiger partial charge in [-0.25, -0.2) is 4.79 Å². The lowest BCUT2D eigenvalue weighted by Crippen LogP contribution is -2.19. The van der Waals surface area contributed by atoms with Crippen LogP contribution in [0.4, 0.5) is 0 Å². The number of carbonyl (C=O) groups is 2. The first-order valence-electron chi connectivity index (χ1n) is 4.77. The molecule has 6 nitrogen and oxygen atoms in total. The average Bonchev–Trinajstić information content (AvgIpc) is 2.35. The van der Waals surface area contributed by atoms with Gasteiger partial charge < -0.3 is 19.9 Å². The molecule has 0 fully saturated rings. The minimum absolute atomic E-state index is 0.0288. The van der Waals surface area contributed by atoms with Crippen LogP contribution in [0.25, 0.3) is 0 Å². The number of aromatic carboxylic acids is 1. The number of hydrogen-bond donors (Lipinski definition) is 2. The molecule has 0 heterocycles. The van der Waals surface area contributed by atoms with Crippen LogP contribution in [0.2, 0.25) is 0 Å². The second-order valence-electron chi connectivity index (χ2n) is 3.11. The summed E-state index contributed by atoms with van der Waals surface area (Å²) in [5.41, 5.74) is 0.161. The molecule has 0 aliphatic carbocycles. The lowest BCUT2D eigenvalue weighted by atomic mass is 10.1. The summed E-state index contributed by atoms with van der Waals surface area (Å²) in [7, 11) is 4.13. The van der Waals surface area contributed by atoms with Crippen molar-refractivity contribution in [2.75, 3.05) is 21.3 Å². The SMILES string of the molecule is CNC(=O)c1ccc(C(=O)O)c(OC)c1OC. The molecule has 0 saturated heterocycles. The van der Waals surface area contributed by atoms with Gasteiger partial charge in [-0.15, -0.1) is 0 Å². The van der Waals surface area contributed by atoms with Crippen LogP contribution >= 0.6 is 0 Å². The summed E-state index contributed by atoms with van der Waals surface area (Å²) in [5.74, 6) is -1.39. The number of rotatable bonds is 4. The molecule has 1 amide bonds. The number of nitrogens with one attached hydrogen (secondary N) is 1. The molecule has 0 aliphatic heterocycles. The first kappa shape index (κ1) is 12.8. The van der Waals surface area contributed by atoms with Crippen LogP contribution < -0.4 is 14.8 Å². The van der Waals surface area contributed by atoms with Gasteiger partial charge in [0.15, 0.2) is 11.5 Å². The van der Waals surface area contributed by atoms with Crippen LogP contribution in [-0.4, -0.2) is 38.3 Å².